The van der Waals surface area contributed by atoms with Gasteiger partial charge in [0.2, 0.25) is 0 Å². The molecule has 2 fully saturated rings. The van der Waals surface area contributed by atoms with Gasteiger partial charge >= 0.3 is 0 Å². The van der Waals surface area contributed by atoms with E-state index in [1.165, 1.54) is 39.1 Å². The Hall–Kier alpha value is -0.160. The Morgan fingerprint density at radius 3 is 2.67 bits per heavy atom. The minimum atomic E-state index is 0.306. The monoisotopic (exact) mass is 213 g/mol. The smallest absolute Gasteiger partial charge is 0.0558 e. The topological polar surface area (TPSA) is 38.7 Å². The van der Waals surface area contributed by atoms with E-state index in [0.717, 1.165) is 25.6 Å². The number of piperazine rings is 1. The van der Waals surface area contributed by atoms with Crippen LogP contribution >= 0.6 is 0 Å². The summed E-state index contributed by atoms with van der Waals surface area (Å²) in [4.78, 5) is 4.95. The summed E-state index contributed by atoms with van der Waals surface area (Å²) in [5.74, 6) is 0.828. The predicted molar refractivity (Wildman–Crippen MR) is 60.9 cm³/mol. The number of hydrogen-bond donors (Lipinski definition) is 2. The first-order chi connectivity index (χ1) is 7.38. The second-order valence-corrected chi connectivity index (χ2v) is 4.73. The van der Waals surface area contributed by atoms with Crippen molar-refractivity contribution < 1.29 is 5.11 Å². The first-order valence-corrected chi connectivity index (χ1v) is 6.15. The second kappa shape index (κ2) is 5.80. The van der Waals surface area contributed by atoms with Crippen LogP contribution in [0.1, 0.15) is 6.42 Å². The van der Waals surface area contributed by atoms with E-state index in [2.05, 4.69) is 15.1 Å². The molecule has 0 amide bonds. The highest BCUT2D eigenvalue weighted by molar-refractivity contribution is 4.79. The van der Waals surface area contributed by atoms with E-state index in [1.54, 1.807) is 0 Å². The van der Waals surface area contributed by atoms with Crippen LogP contribution in [-0.4, -0.2) is 73.9 Å². The second-order valence-electron chi connectivity index (χ2n) is 4.73. The molecule has 0 aromatic heterocycles. The maximum absolute atomic E-state index is 8.87. The van der Waals surface area contributed by atoms with Crippen LogP contribution in [0.15, 0.2) is 0 Å². The molecule has 15 heavy (non-hydrogen) atoms. The van der Waals surface area contributed by atoms with Crippen molar-refractivity contribution in [2.45, 2.75) is 6.42 Å². The molecule has 2 saturated heterocycles. The van der Waals surface area contributed by atoms with Crippen LogP contribution in [0.5, 0.6) is 0 Å². The lowest BCUT2D eigenvalue weighted by Crippen LogP contribution is -2.45. The van der Waals surface area contributed by atoms with Gasteiger partial charge in [0.05, 0.1) is 6.61 Å². The van der Waals surface area contributed by atoms with Crippen LogP contribution in [0.4, 0.5) is 0 Å². The summed E-state index contributed by atoms with van der Waals surface area (Å²) in [5, 5.41) is 12.3. The van der Waals surface area contributed by atoms with Crippen molar-refractivity contribution in [3.63, 3.8) is 0 Å². The Kier molecular flexibility index (Phi) is 4.38. The molecule has 0 saturated carbocycles. The van der Waals surface area contributed by atoms with E-state index in [0.29, 0.717) is 6.61 Å². The zero-order chi connectivity index (χ0) is 10.5. The maximum Gasteiger partial charge on any atom is 0.0558 e. The highest BCUT2D eigenvalue weighted by Crippen LogP contribution is 2.17. The Balaban J connectivity index is 1.67. The van der Waals surface area contributed by atoms with Crippen molar-refractivity contribution in [2.24, 2.45) is 5.92 Å². The Labute approximate surface area is 92.2 Å². The number of β-amino-alcohol motifs (C(OH)–C–C–N with tert-alkyl or cyclic N) is 1. The molecule has 2 aliphatic rings. The van der Waals surface area contributed by atoms with Crippen LogP contribution in [0.2, 0.25) is 0 Å². The zero-order valence-corrected chi connectivity index (χ0v) is 9.49. The quantitative estimate of drug-likeness (QED) is 0.642. The third-order valence-electron chi connectivity index (χ3n) is 3.51. The number of hydrogen-bond acceptors (Lipinski definition) is 4. The molecule has 4 heteroatoms. The number of aliphatic hydroxyl groups is 1. The van der Waals surface area contributed by atoms with Gasteiger partial charge in [0.15, 0.2) is 0 Å². The van der Waals surface area contributed by atoms with E-state index in [1.807, 2.05) is 0 Å². The Morgan fingerprint density at radius 1 is 1.13 bits per heavy atom. The fourth-order valence-corrected chi connectivity index (χ4v) is 2.67. The minimum Gasteiger partial charge on any atom is -0.395 e. The first kappa shape index (κ1) is 11.3. The lowest BCUT2D eigenvalue weighted by atomic mass is 10.1. The predicted octanol–water partition coefficient (Wildman–Crippen LogP) is -0.794. The molecule has 1 unspecified atom stereocenters. The van der Waals surface area contributed by atoms with Gasteiger partial charge in [-0.25, -0.2) is 0 Å². The summed E-state index contributed by atoms with van der Waals surface area (Å²) < 4.78 is 0. The van der Waals surface area contributed by atoms with Crippen LogP contribution < -0.4 is 5.32 Å². The van der Waals surface area contributed by atoms with Crippen LogP contribution in [-0.2, 0) is 0 Å². The third kappa shape index (κ3) is 3.41. The third-order valence-corrected chi connectivity index (χ3v) is 3.51. The van der Waals surface area contributed by atoms with E-state index in [9.17, 15) is 0 Å². The Bertz CT molecular complexity index is 183. The highest BCUT2D eigenvalue weighted by atomic mass is 16.3. The summed E-state index contributed by atoms with van der Waals surface area (Å²) in [7, 11) is 0. The van der Waals surface area contributed by atoms with Crippen molar-refractivity contribution in [1.29, 1.82) is 0 Å². The highest BCUT2D eigenvalue weighted by Gasteiger charge is 2.24. The molecule has 88 valence electrons. The molecule has 2 heterocycles. The molecule has 0 spiro atoms. The first-order valence-electron chi connectivity index (χ1n) is 6.15. The molecule has 0 aromatic carbocycles. The van der Waals surface area contributed by atoms with E-state index >= 15 is 0 Å². The number of aliphatic hydroxyl groups excluding tert-OH is 1. The summed E-state index contributed by atoms with van der Waals surface area (Å²) >= 11 is 0. The maximum atomic E-state index is 8.87. The number of nitrogens with one attached hydrogen (secondary N) is 1. The van der Waals surface area contributed by atoms with Gasteiger partial charge in [-0.3, -0.25) is 0 Å². The van der Waals surface area contributed by atoms with Crippen molar-refractivity contribution in [3.05, 3.63) is 0 Å². The van der Waals surface area contributed by atoms with E-state index in [4.69, 9.17) is 5.11 Å². The largest absolute Gasteiger partial charge is 0.395 e. The average molecular weight is 213 g/mol. The summed E-state index contributed by atoms with van der Waals surface area (Å²) in [6.45, 7) is 9.48. The average Bonchev–Trinajstić information content (AvgIpc) is 2.68. The zero-order valence-electron chi connectivity index (χ0n) is 9.49. The summed E-state index contributed by atoms with van der Waals surface area (Å²) in [6, 6.07) is 0. The van der Waals surface area contributed by atoms with Crippen molar-refractivity contribution in [3.8, 4) is 0 Å². The van der Waals surface area contributed by atoms with Crippen LogP contribution in [0.3, 0.4) is 0 Å². The standard InChI is InChI=1S/C11H23N3O/c15-8-7-13-4-1-11(9-13)10-14-5-2-12-3-6-14/h11-12,15H,1-10H2. The molecular weight excluding hydrogens is 190 g/mol. The number of nitrogens with zero attached hydrogens (tertiary/aromatic N) is 2. The molecular formula is C11H23N3O. The van der Waals surface area contributed by atoms with Crippen LogP contribution in [0.25, 0.3) is 0 Å². The molecule has 0 aliphatic carbocycles. The molecule has 0 bridgehead atoms. The SMILES string of the molecule is OCCN1CCC(CN2CCNCC2)C1. The van der Waals surface area contributed by atoms with E-state index in [-0.39, 0.29) is 0 Å². The lowest BCUT2D eigenvalue weighted by molar-refractivity contribution is 0.191. The van der Waals surface area contributed by atoms with Gasteiger partial charge in [0, 0.05) is 45.8 Å². The molecule has 0 aromatic rings. The minimum absolute atomic E-state index is 0.306. The fourth-order valence-electron chi connectivity index (χ4n) is 2.67. The van der Waals surface area contributed by atoms with Crippen molar-refractivity contribution in [1.82, 2.24) is 15.1 Å². The van der Waals surface area contributed by atoms with Crippen molar-refractivity contribution in [2.75, 3.05) is 59.0 Å². The van der Waals surface area contributed by atoms with Crippen molar-refractivity contribution >= 4 is 0 Å². The summed E-state index contributed by atoms with van der Waals surface area (Å²) in [6.07, 6.45) is 1.31. The normalized spacial score (nSPS) is 29.8. The van der Waals surface area contributed by atoms with Gasteiger partial charge in [0.25, 0.3) is 0 Å². The van der Waals surface area contributed by atoms with Gasteiger partial charge in [0.1, 0.15) is 0 Å². The number of likely N-dealkylation sites (tertiary alicyclic amines) is 1. The molecule has 1 atom stereocenters. The number of rotatable bonds is 4. The van der Waals surface area contributed by atoms with Gasteiger partial charge < -0.3 is 20.2 Å². The van der Waals surface area contributed by atoms with Gasteiger partial charge in [-0.15, -0.1) is 0 Å². The molecule has 2 rings (SSSR count). The summed E-state index contributed by atoms with van der Waals surface area (Å²) in [5.41, 5.74) is 0. The van der Waals surface area contributed by atoms with E-state index < -0.39 is 0 Å². The molecule has 2 N–H and O–H groups in total. The van der Waals surface area contributed by atoms with Gasteiger partial charge in [-0.2, -0.15) is 0 Å². The molecule has 4 nitrogen and oxygen atoms in total. The van der Waals surface area contributed by atoms with Crippen LogP contribution in [0, 0.1) is 5.92 Å². The molecule has 2 aliphatic heterocycles. The van der Waals surface area contributed by atoms with Gasteiger partial charge in [-0.05, 0) is 18.9 Å². The van der Waals surface area contributed by atoms with Gasteiger partial charge in [-0.1, -0.05) is 0 Å². The lowest BCUT2D eigenvalue weighted by Gasteiger charge is -2.29. The Morgan fingerprint density at radius 2 is 1.93 bits per heavy atom. The molecule has 0 radical (unpaired) electrons. The fraction of sp³-hybridized carbons (Fsp3) is 1.00.